The Morgan fingerprint density at radius 3 is 2.75 bits per heavy atom. The maximum Gasteiger partial charge on any atom is 0.0633 e. The molecule has 0 aliphatic carbocycles. The Labute approximate surface area is 99.7 Å². The first-order valence-corrected chi connectivity index (χ1v) is 6.37. The minimum Gasteiger partial charge on any atom is -0.382 e. The van der Waals surface area contributed by atoms with Crippen LogP contribution in [0.15, 0.2) is 0 Å². The van der Waals surface area contributed by atoms with Gasteiger partial charge < -0.3 is 15.2 Å². The molecule has 1 aliphatic heterocycles. The molecule has 1 rings (SSSR count). The van der Waals surface area contributed by atoms with Crippen LogP contribution in [0.1, 0.15) is 46.5 Å². The predicted molar refractivity (Wildman–Crippen MR) is 66.4 cm³/mol. The van der Waals surface area contributed by atoms with Crippen molar-refractivity contribution in [3.8, 4) is 0 Å². The number of hydrogen-bond donors (Lipinski definition) is 1. The van der Waals surface area contributed by atoms with Gasteiger partial charge in [0.05, 0.1) is 17.8 Å². The Kier molecular flexibility index (Phi) is 5.22. The maximum atomic E-state index is 6.04. The third-order valence-electron chi connectivity index (χ3n) is 3.42. The van der Waals surface area contributed by atoms with Crippen LogP contribution in [0.25, 0.3) is 0 Å². The Bertz CT molecular complexity index is 206. The summed E-state index contributed by atoms with van der Waals surface area (Å²) in [7, 11) is 1.78. The van der Waals surface area contributed by atoms with E-state index >= 15 is 0 Å². The molecule has 1 fully saturated rings. The van der Waals surface area contributed by atoms with Crippen molar-refractivity contribution in [2.24, 2.45) is 11.7 Å². The molecule has 0 bridgehead atoms. The monoisotopic (exact) mass is 229 g/mol. The largest absolute Gasteiger partial charge is 0.382 e. The molecule has 16 heavy (non-hydrogen) atoms. The third-order valence-corrected chi connectivity index (χ3v) is 3.42. The highest BCUT2D eigenvalue weighted by Gasteiger charge is 2.34. The van der Waals surface area contributed by atoms with Gasteiger partial charge in [-0.3, -0.25) is 0 Å². The first-order chi connectivity index (χ1) is 7.46. The lowest BCUT2D eigenvalue weighted by atomic mass is 9.82. The topological polar surface area (TPSA) is 44.5 Å². The molecule has 0 aromatic rings. The number of methoxy groups -OCH3 is 1. The van der Waals surface area contributed by atoms with E-state index in [0.29, 0.717) is 24.7 Å². The standard InChI is InChI=1S/C13H27NO2/c1-10(15-4)7-11-8-12(5-6-14)16-13(2,3)9-11/h10-12H,5-9,14H2,1-4H3. The van der Waals surface area contributed by atoms with Gasteiger partial charge in [-0.2, -0.15) is 0 Å². The van der Waals surface area contributed by atoms with E-state index < -0.39 is 0 Å². The van der Waals surface area contributed by atoms with Crippen LogP contribution < -0.4 is 5.73 Å². The highest BCUT2D eigenvalue weighted by molar-refractivity contribution is 4.84. The lowest BCUT2D eigenvalue weighted by Gasteiger charge is -2.41. The summed E-state index contributed by atoms with van der Waals surface area (Å²) in [4.78, 5) is 0. The summed E-state index contributed by atoms with van der Waals surface area (Å²) in [5.41, 5.74) is 5.61. The number of nitrogens with two attached hydrogens (primary N) is 1. The summed E-state index contributed by atoms with van der Waals surface area (Å²) in [6.07, 6.45) is 5.04. The van der Waals surface area contributed by atoms with Crippen molar-refractivity contribution in [2.75, 3.05) is 13.7 Å². The summed E-state index contributed by atoms with van der Waals surface area (Å²) in [6, 6.07) is 0. The van der Waals surface area contributed by atoms with Crippen molar-refractivity contribution in [2.45, 2.75) is 64.3 Å². The van der Waals surface area contributed by atoms with Crippen LogP contribution in [0.2, 0.25) is 0 Å². The van der Waals surface area contributed by atoms with Gasteiger partial charge in [0, 0.05) is 7.11 Å². The van der Waals surface area contributed by atoms with Gasteiger partial charge >= 0.3 is 0 Å². The second-order valence-corrected chi connectivity index (χ2v) is 5.66. The van der Waals surface area contributed by atoms with E-state index in [9.17, 15) is 0 Å². The van der Waals surface area contributed by atoms with Crippen LogP contribution in [0.5, 0.6) is 0 Å². The van der Waals surface area contributed by atoms with Gasteiger partial charge in [-0.25, -0.2) is 0 Å². The molecule has 2 N–H and O–H groups in total. The highest BCUT2D eigenvalue weighted by Crippen LogP contribution is 2.36. The summed E-state index contributed by atoms with van der Waals surface area (Å²) in [6.45, 7) is 7.22. The summed E-state index contributed by atoms with van der Waals surface area (Å²) in [5, 5.41) is 0. The second kappa shape index (κ2) is 5.99. The summed E-state index contributed by atoms with van der Waals surface area (Å²) in [5.74, 6) is 0.704. The molecule has 0 amide bonds. The fourth-order valence-electron chi connectivity index (χ4n) is 2.81. The molecule has 3 atom stereocenters. The van der Waals surface area contributed by atoms with Crippen molar-refractivity contribution < 1.29 is 9.47 Å². The Morgan fingerprint density at radius 2 is 2.19 bits per heavy atom. The fourth-order valence-corrected chi connectivity index (χ4v) is 2.81. The molecule has 3 unspecified atom stereocenters. The van der Waals surface area contributed by atoms with Crippen molar-refractivity contribution in [1.82, 2.24) is 0 Å². The van der Waals surface area contributed by atoms with Gasteiger partial charge in [-0.05, 0) is 58.9 Å². The number of hydrogen-bond acceptors (Lipinski definition) is 3. The molecule has 96 valence electrons. The van der Waals surface area contributed by atoms with Crippen LogP contribution >= 0.6 is 0 Å². The molecule has 3 nitrogen and oxygen atoms in total. The van der Waals surface area contributed by atoms with Crippen molar-refractivity contribution >= 4 is 0 Å². The molecule has 0 aromatic heterocycles. The zero-order valence-electron chi connectivity index (χ0n) is 11.2. The molecular weight excluding hydrogens is 202 g/mol. The summed E-state index contributed by atoms with van der Waals surface area (Å²) >= 11 is 0. The van der Waals surface area contributed by atoms with E-state index in [2.05, 4.69) is 20.8 Å². The number of rotatable bonds is 5. The lowest BCUT2D eigenvalue weighted by Crippen LogP contribution is -2.41. The predicted octanol–water partition coefficient (Wildman–Crippen LogP) is 2.33. The second-order valence-electron chi connectivity index (χ2n) is 5.66. The Hall–Kier alpha value is -0.120. The molecular formula is C13H27NO2. The molecule has 0 aromatic carbocycles. The van der Waals surface area contributed by atoms with E-state index in [-0.39, 0.29) is 5.60 Å². The van der Waals surface area contributed by atoms with Gasteiger partial charge in [0.1, 0.15) is 0 Å². The molecule has 1 heterocycles. The normalized spacial score (nSPS) is 31.3. The van der Waals surface area contributed by atoms with Crippen LogP contribution in [-0.2, 0) is 9.47 Å². The van der Waals surface area contributed by atoms with Crippen LogP contribution in [-0.4, -0.2) is 31.5 Å². The smallest absolute Gasteiger partial charge is 0.0633 e. The van der Waals surface area contributed by atoms with Crippen molar-refractivity contribution in [3.63, 3.8) is 0 Å². The van der Waals surface area contributed by atoms with E-state index in [1.807, 2.05) is 0 Å². The minimum absolute atomic E-state index is 0.00376. The average molecular weight is 229 g/mol. The van der Waals surface area contributed by atoms with Gasteiger partial charge in [0.2, 0.25) is 0 Å². The van der Waals surface area contributed by atoms with Gasteiger partial charge in [0.15, 0.2) is 0 Å². The zero-order chi connectivity index (χ0) is 12.2. The van der Waals surface area contributed by atoms with Gasteiger partial charge in [-0.1, -0.05) is 0 Å². The highest BCUT2D eigenvalue weighted by atomic mass is 16.5. The first-order valence-electron chi connectivity index (χ1n) is 6.37. The van der Waals surface area contributed by atoms with E-state index in [1.54, 1.807) is 7.11 Å². The lowest BCUT2D eigenvalue weighted by molar-refractivity contribution is -0.131. The Morgan fingerprint density at radius 1 is 1.50 bits per heavy atom. The average Bonchev–Trinajstić information content (AvgIpc) is 2.15. The first kappa shape index (κ1) is 13.9. The quantitative estimate of drug-likeness (QED) is 0.787. The number of ether oxygens (including phenoxy) is 2. The van der Waals surface area contributed by atoms with Crippen LogP contribution in [0.3, 0.4) is 0 Å². The Balaban J connectivity index is 2.51. The summed E-state index contributed by atoms with van der Waals surface area (Å²) < 4.78 is 11.4. The van der Waals surface area contributed by atoms with E-state index in [4.69, 9.17) is 15.2 Å². The molecule has 3 heteroatoms. The van der Waals surface area contributed by atoms with Crippen LogP contribution in [0, 0.1) is 5.92 Å². The molecule has 1 saturated heterocycles. The molecule has 1 aliphatic rings. The van der Waals surface area contributed by atoms with E-state index in [0.717, 1.165) is 25.7 Å². The zero-order valence-corrected chi connectivity index (χ0v) is 11.2. The van der Waals surface area contributed by atoms with Crippen molar-refractivity contribution in [3.05, 3.63) is 0 Å². The SMILES string of the molecule is COC(C)CC1CC(CCN)OC(C)(C)C1. The van der Waals surface area contributed by atoms with Crippen molar-refractivity contribution in [1.29, 1.82) is 0 Å². The minimum atomic E-state index is -0.00376. The molecule has 0 radical (unpaired) electrons. The van der Waals surface area contributed by atoms with Crippen LogP contribution in [0.4, 0.5) is 0 Å². The van der Waals surface area contributed by atoms with Gasteiger partial charge in [-0.15, -0.1) is 0 Å². The molecule has 0 saturated carbocycles. The van der Waals surface area contributed by atoms with E-state index in [1.165, 1.54) is 0 Å². The third kappa shape index (κ3) is 4.40. The maximum absolute atomic E-state index is 6.04. The van der Waals surface area contributed by atoms with Gasteiger partial charge in [0.25, 0.3) is 0 Å². The molecule has 0 spiro atoms. The fraction of sp³-hybridized carbons (Fsp3) is 1.00.